The van der Waals surface area contributed by atoms with Crippen LogP contribution in [0.5, 0.6) is 0 Å². The molecule has 0 saturated heterocycles. The van der Waals surface area contributed by atoms with Crippen molar-refractivity contribution in [1.29, 1.82) is 0 Å². The van der Waals surface area contributed by atoms with E-state index in [4.69, 9.17) is 10.8 Å². The third-order valence-electron chi connectivity index (χ3n) is 2.97. The number of carbonyl (C=O) groups is 3. The Morgan fingerprint density at radius 1 is 1.37 bits per heavy atom. The molecule has 0 radical (unpaired) electrons. The first kappa shape index (κ1) is 15.3. The summed E-state index contributed by atoms with van der Waals surface area (Å²) in [6.45, 7) is 3.36. The fourth-order valence-electron chi connectivity index (χ4n) is 2.01. The first-order chi connectivity index (χ1) is 8.69. The molecule has 0 aromatic carbocycles. The summed E-state index contributed by atoms with van der Waals surface area (Å²) >= 11 is 0. The Labute approximate surface area is 111 Å². The minimum Gasteiger partial charge on any atom is -0.481 e. The number of carboxylic acid groups (broad SMARTS) is 1. The van der Waals surface area contributed by atoms with Gasteiger partial charge < -0.3 is 21.5 Å². The highest BCUT2D eigenvalue weighted by atomic mass is 16.4. The fourth-order valence-corrected chi connectivity index (χ4v) is 2.01. The standard InChI is InChI=1S/C12H21N3O4/c1-12(2,6-9(13)16)15-11(19)14-8(5-10(17)18)7-3-4-7/h7-8H,3-6H2,1-2H3,(H2,13,16)(H,17,18)(H2,14,15,19). The Balaban J connectivity index is 2.48. The molecule has 0 aromatic rings. The number of aliphatic carboxylic acids is 1. The van der Waals surface area contributed by atoms with Crippen LogP contribution in [0.1, 0.15) is 39.5 Å². The summed E-state index contributed by atoms with van der Waals surface area (Å²) < 4.78 is 0. The normalized spacial score (nSPS) is 16.5. The molecular formula is C12H21N3O4. The van der Waals surface area contributed by atoms with E-state index in [0.717, 1.165) is 12.8 Å². The number of urea groups is 1. The number of primary amides is 1. The van der Waals surface area contributed by atoms with E-state index >= 15 is 0 Å². The van der Waals surface area contributed by atoms with Crippen molar-refractivity contribution in [3.63, 3.8) is 0 Å². The van der Waals surface area contributed by atoms with Gasteiger partial charge in [-0.1, -0.05) is 0 Å². The SMILES string of the molecule is CC(C)(CC(N)=O)NC(=O)NC(CC(=O)O)C1CC1. The predicted octanol–water partition coefficient (Wildman–Crippen LogP) is 0.193. The van der Waals surface area contributed by atoms with Crippen LogP contribution in [0.15, 0.2) is 0 Å². The molecule has 0 spiro atoms. The van der Waals surface area contributed by atoms with Crippen LogP contribution in [-0.4, -0.2) is 34.6 Å². The maximum Gasteiger partial charge on any atom is 0.315 e. The topological polar surface area (TPSA) is 122 Å². The molecular weight excluding hydrogens is 250 g/mol. The third kappa shape index (κ3) is 6.08. The fraction of sp³-hybridized carbons (Fsp3) is 0.750. The number of hydrogen-bond acceptors (Lipinski definition) is 3. The van der Waals surface area contributed by atoms with E-state index in [1.165, 1.54) is 0 Å². The number of nitrogens with two attached hydrogens (primary N) is 1. The van der Waals surface area contributed by atoms with Gasteiger partial charge in [-0.3, -0.25) is 9.59 Å². The van der Waals surface area contributed by atoms with Crippen LogP contribution in [0.25, 0.3) is 0 Å². The Hall–Kier alpha value is -1.79. The van der Waals surface area contributed by atoms with Crippen molar-refractivity contribution in [2.75, 3.05) is 0 Å². The zero-order valence-electron chi connectivity index (χ0n) is 11.2. The Kier molecular flexibility index (Phi) is 4.74. The summed E-state index contributed by atoms with van der Waals surface area (Å²) in [5.74, 6) is -1.20. The van der Waals surface area contributed by atoms with E-state index < -0.39 is 23.4 Å². The van der Waals surface area contributed by atoms with Gasteiger partial charge in [0.15, 0.2) is 0 Å². The number of carboxylic acids is 1. The van der Waals surface area contributed by atoms with Crippen LogP contribution in [0.2, 0.25) is 0 Å². The Morgan fingerprint density at radius 3 is 2.37 bits per heavy atom. The van der Waals surface area contributed by atoms with Gasteiger partial charge >= 0.3 is 12.0 Å². The van der Waals surface area contributed by atoms with Crippen molar-refractivity contribution in [2.45, 2.75) is 51.1 Å². The van der Waals surface area contributed by atoms with Crippen molar-refractivity contribution in [2.24, 2.45) is 11.7 Å². The molecule has 1 unspecified atom stereocenters. The van der Waals surface area contributed by atoms with Crippen LogP contribution in [0, 0.1) is 5.92 Å². The van der Waals surface area contributed by atoms with E-state index in [2.05, 4.69) is 10.6 Å². The highest BCUT2D eigenvalue weighted by Crippen LogP contribution is 2.34. The molecule has 1 saturated carbocycles. The zero-order valence-corrected chi connectivity index (χ0v) is 11.2. The molecule has 7 heteroatoms. The number of amides is 3. The van der Waals surface area contributed by atoms with Crippen LogP contribution < -0.4 is 16.4 Å². The molecule has 5 N–H and O–H groups in total. The van der Waals surface area contributed by atoms with Gasteiger partial charge in [-0.15, -0.1) is 0 Å². The van der Waals surface area contributed by atoms with Gasteiger partial charge in [-0.25, -0.2) is 4.79 Å². The van der Waals surface area contributed by atoms with E-state index in [-0.39, 0.29) is 24.8 Å². The highest BCUT2D eigenvalue weighted by Gasteiger charge is 2.34. The molecule has 1 aliphatic rings. The van der Waals surface area contributed by atoms with Gasteiger partial charge in [0.2, 0.25) is 5.91 Å². The number of rotatable bonds is 7. The average molecular weight is 271 g/mol. The lowest BCUT2D eigenvalue weighted by Crippen LogP contribution is -2.53. The van der Waals surface area contributed by atoms with Crippen LogP contribution in [0.4, 0.5) is 4.79 Å². The monoisotopic (exact) mass is 271 g/mol. The Bertz CT molecular complexity index is 377. The molecule has 0 heterocycles. The summed E-state index contributed by atoms with van der Waals surface area (Å²) in [5, 5.41) is 14.1. The molecule has 1 fully saturated rings. The van der Waals surface area contributed by atoms with E-state index in [0.29, 0.717) is 0 Å². The van der Waals surface area contributed by atoms with Gasteiger partial charge in [0.1, 0.15) is 0 Å². The summed E-state index contributed by atoms with van der Waals surface area (Å²) in [7, 11) is 0. The second-order valence-corrected chi connectivity index (χ2v) is 5.67. The highest BCUT2D eigenvalue weighted by molar-refractivity contribution is 5.79. The number of carbonyl (C=O) groups excluding carboxylic acids is 2. The van der Waals surface area contributed by atoms with Crippen LogP contribution in [-0.2, 0) is 9.59 Å². The molecule has 1 atom stereocenters. The van der Waals surface area contributed by atoms with E-state index in [1.807, 2.05) is 0 Å². The summed E-state index contributed by atoms with van der Waals surface area (Å²) in [5.41, 5.74) is 4.33. The molecule has 1 aliphatic carbocycles. The molecule has 19 heavy (non-hydrogen) atoms. The van der Waals surface area contributed by atoms with Crippen molar-refractivity contribution in [3.05, 3.63) is 0 Å². The summed E-state index contributed by atoms with van der Waals surface area (Å²) in [6, 6.07) is -0.828. The maximum atomic E-state index is 11.8. The van der Waals surface area contributed by atoms with Gasteiger partial charge in [0.25, 0.3) is 0 Å². The summed E-state index contributed by atoms with van der Waals surface area (Å²) in [4.78, 5) is 33.4. The number of nitrogens with one attached hydrogen (secondary N) is 2. The van der Waals surface area contributed by atoms with E-state index in [9.17, 15) is 14.4 Å². The summed E-state index contributed by atoms with van der Waals surface area (Å²) in [6.07, 6.45) is 1.80. The van der Waals surface area contributed by atoms with Gasteiger partial charge in [-0.2, -0.15) is 0 Å². The van der Waals surface area contributed by atoms with Crippen molar-refractivity contribution in [3.8, 4) is 0 Å². The zero-order chi connectivity index (χ0) is 14.6. The minimum atomic E-state index is -0.936. The lowest BCUT2D eigenvalue weighted by Gasteiger charge is -2.26. The van der Waals surface area contributed by atoms with E-state index in [1.54, 1.807) is 13.8 Å². The molecule has 0 bridgehead atoms. The smallest absolute Gasteiger partial charge is 0.315 e. The molecule has 1 rings (SSSR count). The van der Waals surface area contributed by atoms with Gasteiger partial charge in [0, 0.05) is 18.0 Å². The second kappa shape index (κ2) is 5.90. The van der Waals surface area contributed by atoms with Crippen molar-refractivity contribution >= 4 is 17.9 Å². The first-order valence-corrected chi connectivity index (χ1v) is 6.28. The van der Waals surface area contributed by atoms with Crippen molar-refractivity contribution < 1.29 is 19.5 Å². The largest absolute Gasteiger partial charge is 0.481 e. The first-order valence-electron chi connectivity index (χ1n) is 6.28. The molecule has 3 amide bonds. The second-order valence-electron chi connectivity index (χ2n) is 5.67. The van der Waals surface area contributed by atoms with Crippen LogP contribution >= 0.6 is 0 Å². The number of hydrogen-bond donors (Lipinski definition) is 4. The maximum absolute atomic E-state index is 11.8. The lowest BCUT2D eigenvalue weighted by molar-refractivity contribution is -0.137. The predicted molar refractivity (Wildman–Crippen MR) is 68.3 cm³/mol. The average Bonchev–Trinajstić information content (AvgIpc) is 2.94. The quantitative estimate of drug-likeness (QED) is 0.528. The molecule has 108 valence electrons. The Morgan fingerprint density at radius 2 is 1.95 bits per heavy atom. The van der Waals surface area contributed by atoms with Gasteiger partial charge in [-0.05, 0) is 32.6 Å². The van der Waals surface area contributed by atoms with Gasteiger partial charge in [0.05, 0.1) is 6.42 Å². The van der Waals surface area contributed by atoms with Crippen LogP contribution in [0.3, 0.4) is 0 Å². The molecule has 0 aliphatic heterocycles. The molecule has 7 nitrogen and oxygen atoms in total. The minimum absolute atomic E-state index is 0.0213. The lowest BCUT2D eigenvalue weighted by atomic mass is 10.0. The third-order valence-corrected chi connectivity index (χ3v) is 2.97. The van der Waals surface area contributed by atoms with Crippen molar-refractivity contribution in [1.82, 2.24) is 10.6 Å². The molecule has 0 aromatic heterocycles.